The van der Waals surface area contributed by atoms with Crippen molar-refractivity contribution in [3.05, 3.63) is 89.1 Å². The fourth-order valence-electron chi connectivity index (χ4n) is 4.93. The minimum absolute atomic E-state index is 0.107. The largest absolute Gasteiger partial charge is 0.457 e. The first kappa shape index (κ1) is 27.7. The predicted octanol–water partition coefficient (Wildman–Crippen LogP) is 6.03. The second-order valence-electron chi connectivity index (χ2n) is 10.0. The van der Waals surface area contributed by atoms with E-state index in [-0.39, 0.29) is 24.9 Å². The lowest BCUT2D eigenvalue weighted by molar-refractivity contribution is -0.139. The molecule has 208 valence electrons. The molecule has 1 aromatic heterocycles. The standard InChI is InChI=1S/C30H27F3N2O5/c1-29(2)38-17-27(40-29)24-4-3-5-26-28(24)19(12-21(37)16-36)15-35(26)20-6-8-22(9-7-20)39-23-10-11-25(30(31,32)33)18(13-23)14-34/h3-11,13,15,21,27,36-37H,12,16-17H2,1-2H3/t21-,27+/m0/s1. The molecule has 1 fully saturated rings. The van der Waals surface area contributed by atoms with Gasteiger partial charge in [-0.1, -0.05) is 12.1 Å². The zero-order valence-electron chi connectivity index (χ0n) is 21.8. The number of hydrogen-bond acceptors (Lipinski definition) is 6. The first-order chi connectivity index (χ1) is 19.0. The molecule has 4 aromatic rings. The Balaban J connectivity index is 1.48. The quantitative estimate of drug-likeness (QED) is 0.291. The van der Waals surface area contributed by atoms with Crippen molar-refractivity contribution < 1.29 is 37.6 Å². The van der Waals surface area contributed by atoms with Crippen LogP contribution in [0.2, 0.25) is 0 Å². The number of aliphatic hydroxyl groups is 2. The highest BCUT2D eigenvalue weighted by Crippen LogP contribution is 2.39. The lowest BCUT2D eigenvalue weighted by Crippen LogP contribution is -2.19. The minimum atomic E-state index is -4.64. The monoisotopic (exact) mass is 552 g/mol. The molecule has 1 aliphatic heterocycles. The normalized spacial score (nSPS) is 17.6. The van der Waals surface area contributed by atoms with Gasteiger partial charge >= 0.3 is 6.18 Å². The third-order valence-electron chi connectivity index (χ3n) is 6.73. The van der Waals surface area contributed by atoms with Gasteiger partial charge in [0.2, 0.25) is 0 Å². The molecule has 2 atom stereocenters. The van der Waals surface area contributed by atoms with Gasteiger partial charge in [0.05, 0.1) is 42.0 Å². The number of nitriles is 1. The first-order valence-electron chi connectivity index (χ1n) is 12.6. The van der Waals surface area contributed by atoms with Gasteiger partial charge in [0.1, 0.15) is 17.6 Å². The van der Waals surface area contributed by atoms with E-state index in [9.17, 15) is 23.4 Å². The molecule has 0 unspecified atom stereocenters. The van der Waals surface area contributed by atoms with E-state index in [4.69, 9.17) is 19.5 Å². The number of benzene rings is 3. The zero-order valence-corrected chi connectivity index (χ0v) is 21.8. The molecule has 0 saturated carbocycles. The van der Waals surface area contributed by atoms with Gasteiger partial charge in [0.25, 0.3) is 0 Å². The molecule has 2 N–H and O–H groups in total. The maximum atomic E-state index is 13.1. The Labute approximate surface area is 228 Å². The van der Waals surface area contributed by atoms with Gasteiger partial charge in [-0.05, 0) is 73.5 Å². The second kappa shape index (κ2) is 10.6. The summed E-state index contributed by atoms with van der Waals surface area (Å²) in [7, 11) is 0. The molecule has 2 heterocycles. The maximum Gasteiger partial charge on any atom is 0.417 e. The van der Waals surface area contributed by atoms with Crippen molar-refractivity contribution in [2.45, 2.75) is 44.4 Å². The molecule has 7 nitrogen and oxygen atoms in total. The predicted molar refractivity (Wildman–Crippen MR) is 140 cm³/mol. The van der Waals surface area contributed by atoms with Crippen molar-refractivity contribution in [2.75, 3.05) is 13.2 Å². The summed E-state index contributed by atoms with van der Waals surface area (Å²) in [6, 6.07) is 17.4. The number of rotatable bonds is 7. The van der Waals surface area contributed by atoms with Crippen LogP contribution < -0.4 is 4.74 Å². The molecule has 1 saturated heterocycles. The Morgan fingerprint density at radius 1 is 1.12 bits per heavy atom. The SMILES string of the molecule is CC1(C)OC[C@H](c2cccc3c2c(C[C@H](O)CO)cn3-c2ccc(Oc3ccc(C(F)(F)F)c(C#N)c3)cc2)O1. The van der Waals surface area contributed by atoms with Gasteiger partial charge in [-0.15, -0.1) is 0 Å². The highest BCUT2D eigenvalue weighted by Gasteiger charge is 2.35. The number of halogens is 3. The lowest BCUT2D eigenvalue weighted by atomic mass is 9.99. The molecule has 0 radical (unpaired) electrons. The average Bonchev–Trinajstić information content (AvgIpc) is 3.48. The molecule has 0 aliphatic carbocycles. The number of aromatic nitrogens is 1. The molecule has 1 aliphatic rings. The Morgan fingerprint density at radius 2 is 1.85 bits per heavy atom. The van der Waals surface area contributed by atoms with Crippen LogP contribution in [0.3, 0.4) is 0 Å². The van der Waals surface area contributed by atoms with Crippen molar-refractivity contribution in [1.29, 1.82) is 5.26 Å². The van der Waals surface area contributed by atoms with Gasteiger partial charge in [-0.2, -0.15) is 18.4 Å². The zero-order chi connectivity index (χ0) is 28.7. The second-order valence-corrected chi connectivity index (χ2v) is 10.0. The fourth-order valence-corrected chi connectivity index (χ4v) is 4.93. The Bertz CT molecular complexity index is 1570. The highest BCUT2D eigenvalue weighted by molar-refractivity contribution is 5.89. The summed E-state index contributed by atoms with van der Waals surface area (Å²) < 4.78 is 58.9. The number of hydrogen-bond donors (Lipinski definition) is 2. The molecule has 40 heavy (non-hydrogen) atoms. The first-order valence-corrected chi connectivity index (χ1v) is 12.6. The number of fused-ring (bicyclic) bond motifs is 1. The van der Waals surface area contributed by atoms with E-state index in [1.54, 1.807) is 30.3 Å². The van der Waals surface area contributed by atoms with E-state index in [2.05, 4.69) is 0 Å². The Kier molecular flexibility index (Phi) is 7.33. The van der Waals surface area contributed by atoms with Crippen LogP contribution in [0, 0.1) is 11.3 Å². The lowest BCUT2D eigenvalue weighted by Gasteiger charge is -2.18. The van der Waals surface area contributed by atoms with Crippen LogP contribution in [0.25, 0.3) is 16.6 Å². The van der Waals surface area contributed by atoms with Crippen molar-refractivity contribution in [3.63, 3.8) is 0 Å². The van der Waals surface area contributed by atoms with E-state index < -0.39 is 29.2 Å². The molecule has 10 heteroatoms. The van der Waals surface area contributed by atoms with Crippen molar-refractivity contribution in [1.82, 2.24) is 4.57 Å². The van der Waals surface area contributed by atoms with Gasteiger partial charge in [-0.3, -0.25) is 0 Å². The molecular weight excluding hydrogens is 525 g/mol. The van der Waals surface area contributed by atoms with Crippen molar-refractivity contribution in [3.8, 4) is 23.3 Å². The number of aliphatic hydroxyl groups excluding tert-OH is 2. The fraction of sp³-hybridized carbons (Fsp3) is 0.300. The smallest absolute Gasteiger partial charge is 0.417 e. The van der Waals surface area contributed by atoms with Crippen LogP contribution in [0.1, 0.15) is 42.2 Å². The van der Waals surface area contributed by atoms with Crippen LogP contribution in [-0.4, -0.2) is 39.9 Å². The summed E-state index contributed by atoms with van der Waals surface area (Å²) in [5.74, 6) is -0.244. The Hall–Kier alpha value is -3.88. The van der Waals surface area contributed by atoms with E-state index in [0.29, 0.717) is 12.4 Å². The molecule has 0 spiro atoms. The van der Waals surface area contributed by atoms with Gasteiger partial charge in [0.15, 0.2) is 5.79 Å². The summed E-state index contributed by atoms with van der Waals surface area (Å²) in [5.41, 5.74) is 1.84. The molecule has 0 bridgehead atoms. The van der Waals surface area contributed by atoms with Gasteiger partial charge in [-0.25, -0.2) is 0 Å². The summed E-state index contributed by atoms with van der Waals surface area (Å²) in [6.45, 7) is 3.70. The highest BCUT2D eigenvalue weighted by atomic mass is 19.4. The number of nitrogens with zero attached hydrogens (tertiary/aromatic N) is 2. The van der Waals surface area contributed by atoms with E-state index in [1.165, 1.54) is 6.07 Å². The Morgan fingerprint density at radius 3 is 2.48 bits per heavy atom. The third kappa shape index (κ3) is 5.55. The summed E-state index contributed by atoms with van der Waals surface area (Å²) in [5, 5.41) is 29.8. The maximum absolute atomic E-state index is 13.1. The molecular formula is C30H27F3N2O5. The van der Waals surface area contributed by atoms with Gasteiger partial charge < -0.3 is 29.0 Å². The average molecular weight is 553 g/mol. The van der Waals surface area contributed by atoms with Crippen LogP contribution in [-0.2, 0) is 22.1 Å². The summed E-state index contributed by atoms with van der Waals surface area (Å²) in [4.78, 5) is 0. The van der Waals surface area contributed by atoms with Crippen molar-refractivity contribution in [2.24, 2.45) is 0 Å². The van der Waals surface area contributed by atoms with Crippen LogP contribution in [0.15, 0.2) is 66.9 Å². The molecule has 5 rings (SSSR count). The van der Waals surface area contributed by atoms with E-state index in [0.717, 1.165) is 39.8 Å². The molecule has 3 aromatic carbocycles. The summed E-state index contributed by atoms with van der Waals surface area (Å²) >= 11 is 0. The summed E-state index contributed by atoms with van der Waals surface area (Å²) in [6.07, 6.45) is -3.76. The van der Waals surface area contributed by atoms with Gasteiger partial charge in [0, 0.05) is 23.7 Å². The number of ether oxygens (including phenoxy) is 3. The van der Waals surface area contributed by atoms with Crippen LogP contribution in [0.4, 0.5) is 13.2 Å². The van der Waals surface area contributed by atoms with Crippen LogP contribution >= 0.6 is 0 Å². The topological polar surface area (TPSA) is 96.9 Å². The van der Waals surface area contributed by atoms with Crippen molar-refractivity contribution >= 4 is 10.9 Å². The minimum Gasteiger partial charge on any atom is -0.457 e. The van der Waals surface area contributed by atoms with E-state index >= 15 is 0 Å². The van der Waals surface area contributed by atoms with E-state index in [1.807, 2.05) is 42.8 Å². The number of alkyl halides is 3. The van der Waals surface area contributed by atoms with Crippen LogP contribution in [0.5, 0.6) is 11.5 Å². The third-order valence-corrected chi connectivity index (χ3v) is 6.73. The molecule has 0 amide bonds.